The third-order valence-corrected chi connectivity index (χ3v) is 2.70. The van der Waals surface area contributed by atoms with Crippen molar-refractivity contribution in [1.29, 1.82) is 0 Å². The Morgan fingerprint density at radius 1 is 1.60 bits per heavy atom. The molecule has 1 rings (SSSR count). The minimum absolute atomic E-state index is 0.0780. The number of aromatic nitrogens is 2. The Labute approximate surface area is 93.9 Å². The molecule has 0 radical (unpaired) electrons. The van der Waals surface area contributed by atoms with Crippen molar-refractivity contribution in [2.24, 2.45) is 7.05 Å². The summed E-state index contributed by atoms with van der Waals surface area (Å²) in [4.78, 5) is 12.3. The van der Waals surface area contributed by atoms with Crippen molar-refractivity contribution < 1.29 is 0 Å². The summed E-state index contributed by atoms with van der Waals surface area (Å²) in [5.74, 6) is 6.01. The van der Waals surface area contributed by atoms with Crippen LogP contribution >= 0.6 is 11.8 Å². The monoisotopic (exact) mass is 222 g/mol. The van der Waals surface area contributed by atoms with E-state index in [-0.39, 0.29) is 5.56 Å². The third-order valence-electron chi connectivity index (χ3n) is 1.90. The van der Waals surface area contributed by atoms with Crippen LogP contribution < -0.4 is 5.56 Å². The second-order valence-corrected chi connectivity index (χ2v) is 3.89. The first-order valence-corrected chi connectivity index (χ1v) is 6.02. The van der Waals surface area contributed by atoms with Gasteiger partial charge in [0.2, 0.25) is 0 Å². The lowest BCUT2D eigenvalue weighted by Crippen LogP contribution is -2.21. The minimum atomic E-state index is -0.0780. The SMILES string of the molecule is CCCC#Cc1cnn(C)c(=O)c1SC. The van der Waals surface area contributed by atoms with Crippen molar-refractivity contribution in [1.82, 2.24) is 9.78 Å². The lowest BCUT2D eigenvalue weighted by Gasteiger charge is -2.01. The maximum Gasteiger partial charge on any atom is 0.281 e. The molecule has 0 aliphatic heterocycles. The van der Waals surface area contributed by atoms with E-state index >= 15 is 0 Å². The van der Waals surface area contributed by atoms with Crippen LogP contribution in [0.4, 0.5) is 0 Å². The van der Waals surface area contributed by atoms with Crippen molar-refractivity contribution in [3.8, 4) is 11.8 Å². The van der Waals surface area contributed by atoms with E-state index < -0.39 is 0 Å². The van der Waals surface area contributed by atoms with Gasteiger partial charge in [0.1, 0.15) is 0 Å². The molecule has 3 nitrogen and oxygen atoms in total. The van der Waals surface area contributed by atoms with Crippen LogP contribution in [0, 0.1) is 11.8 Å². The molecule has 0 aromatic carbocycles. The zero-order valence-electron chi connectivity index (χ0n) is 9.20. The molecule has 0 bridgehead atoms. The molecule has 80 valence electrons. The van der Waals surface area contributed by atoms with Crippen LogP contribution in [0.15, 0.2) is 15.9 Å². The molecule has 0 spiro atoms. The van der Waals surface area contributed by atoms with E-state index in [1.807, 2.05) is 6.26 Å². The van der Waals surface area contributed by atoms with Crippen LogP contribution in [0.5, 0.6) is 0 Å². The number of thioether (sulfide) groups is 1. The zero-order valence-corrected chi connectivity index (χ0v) is 10.0. The standard InChI is InChI=1S/C11H14N2OS/c1-4-5-6-7-9-8-12-13(2)11(14)10(9)15-3/h8H,4-5H2,1-3H3. The highest BCUT2D eigenvalue weighted by molar-refractivity contribution is 7.98. The quantitative estimate of drug-likeness (QED) is 0.564. The lowest BCUT2D eigenvalue weighted by atomic mass is 10.3. The summed E-state index contributed by atoms with van der Waals surface area (Å²) in [6, 6.07) is 0. The number of hydrogen-bond donors (Lipinski definition) is 0. The molecular weight excluding hydrogens is 208 g/mol. The zero-order chi connectivity index (χ0) is 11.3. The van der Waals surface area contributed by atoms with Crippen LogP contribution in [-0.2, 0) is 7.05 Å². The molecule has 0 saturated heterocycles. The Morgan fingerprint density at radius 3 is 2.93 bits per heavy atom. The molecule has 1 aromatic rings. The highest BCUT2D eigenvalue weighted by Crippen LogP contribution is 2.13. The fourth-order valence-corrected chi connectivity index (χ4v) is 1.72. The fraction of sp³-hybridized carbons (Fsp3) is 0.455. The summed E-state index contributed by atoms with van der Waals surface area (Å²) in [5, 5.41) is 3.95. The number of unbranched alkanes of at least 4 members (excludes halogenated alkanes) is 1. The second-order valence-electron chi connectivity index (χ2n) is 3.07. The Hall–Kier alpha value is -1.21. The molecule has 1 aromatic heterocycles. The molecule has 0 aliphatic rings. The number of rotatable bonds is 2. The minimum Gasteiger partial charge on any atom is -0.266 e. The van der Waals surface area contributed by atoms with Gasteiger partial charge in [0.05, 0.1) is 16.7 Å². The predicted octanol–water partition coefficient (Wildman–Crippen LogP) is 1.65. The first kappa shape index (κ1) is 11.9. The molecular formula is C11H14N2OS. The van der Waals surface area contributed by atoms with Gasteiger partial charge in [-0.2, -0.15) is 5.10 Å². The van der Waals surface area contributed by atoms with Gasteiger partial charge in [0, 0.05) is 13.5 Å². The first-order chi connectivity index (χ1) is 7.20. The Kier molecular flexibility index (Phi) is 4.44. The molecule has 1 heterocycles. The summed E-state index contributed by atoms with van der Waals surface area (Å²) in [7, 11) is 1.64. The number of nitrogens with zero attached hydrogens (tertiary/aromatic N) is 2. The van der Waals surface area contributed by atoms with Gasteiger partial charge in [-0.05, 0) is 12.7 Å². The second kappa shape index (κ2) is 5.62. The summed E-state index contributed by atoms with van der Waals surface area (Å²) >= 11 is 1.42. The normalized spacial score (nSPS) is 9.53. The molecule has 0 fully saturated rings. The van der Waals surface area contributed by atoms with Crippen molar-refractivity contribution in [3.05, 3.63) is 22.1 Å². The van der Waals surface area contributed by atoms with Crippen molar-refractivity contribution in [3.63, 3.8) is 0 Å². The van der Waals surface area contributed by atoms with Crippen molar-refractivity contribution in [2.75, 3.05) is 6.26 Å². The number of aryl methyl sites for hydroxylation is 1. The predicted molar refractivity (Wildman–Crippen MR) is 63.0 cm³/mol. The topological polar surface area (TPSA) is 34.9 Å². The maximum absolute atomic E-state index is 11.7. The van der Waals surface area contributed by atoms with Crippen LogP contribution in [-0.4, -0.2) is 16.0 Å². The van der Waals surface area contributed by atoms with Gasteiger partial charge >= 0.3 is 0 Å². The van der Waals surface area contributed by atoms with E-state index in [0.29, 0.717) is 4.90 Å². The highest BCUT2D eigenvalue weighted by atomic mass is 32.2. The van der Waals surface area contributed by atoms with Gasteiger partial charge in [0.15, 0.2) is 0 Å². The van der Waals surface area contributed by atoms with Crippen LogP contribution in [0.25, 0.3) is 0 Å². The largest absolute Gasteiger partial charge is 0.281 e. The molecule has 0 amide bonds. The van der Waals surface area contributed by atoms with E-state index in [1.165, 1.54) is 16.4 Å². The molecule has 0 unspecified atom stereocenters. The van der Waals surface area contributed by atoms with Gasteiger partial charge in [0.25, 0.3) is 5.56 Å². The Bertz CT molecular complexity index is 454. The van der Waals surface area contributed by atoms with E-state index in [2.05, 4.69) is 23.9 Å². The third kappa shape index (κ3) is 2.87. The molecule has 0 aliphatic carbocycles. The highest BCUT2D eigenvalue weighted by Gasteiger charge is 2.05. The van der Waals surface area contributed by atoms with Gasteiger partial charge in [-0.25, -0.2) is 4.68 Å². The van der Waals surface area contributed by atoms with E-state index in [9.17, 15) is 4.79 Å². The molecule has 0 N–H and O–H groups in total. The molecule has 15 heavy (non-hydrogen) atoms. The average Bonchev–Trinajstić information content (AvgIpc) is 2.24. The van der Waals surface area contributed by atoms with Gasteiger partial charge < -0.3 is 0 Å². The van der Waals surface area contributed by atoms with Gasteiger partial charge in [-0.1, -0.05) is 18.8 Å². The van der Waals surface area contributed by atoms with Crippen LogP contribution in [0.2, 0.25) is 0 Å². The van der Waals surface area contributed by atoms with E-state index in [0.717, 1.165) is 18.4 Å². The van der Waals surface area contributed by atoms with Gasteiger partial charge in [-0.15, -0.1) is 11.8 Å². The summed E-state index contributed by atoms with van der Waals surface area (Å²) in [5.41, 5.74) is 0.657. The average molecular weight is 222 g/mol. The smallest absolute Gasteiger partial charge is 0.266 e. The van der Waals surface area contributed by atoms with Crippen molar-refractivity contribution >= 4 is 11.8 Å². The molecule has 4 heteroatoms. The number of hydrogen-bond acceptors (Lipinski definition) is 3. The summed E-state index contributed by atoms with van der Waals surface area (Å²) < 4.78 is 1.33. The lowest BCUT2D eigenvalue weighted by molar-refractivity contribution is 0.686. The maximum atomic E-state index is 11.7. The summed E-state index contributed by atoms with van der Waals surface area (Å²) in [6.07, 6.45) is 5.40. The summed E-state index contributed by atoms with van der Waals surface area (Å²) in [6.45, 7) is 2.08. The van der Waals surface area contributed by atoms with E-state index in [1.54, 1.807) is 13.2 Å². The van der Waals surface area contributed by atoms with Crippen molar-refractivity contribution in [2.45, 2.75) is 24.7 Å². The van der Waals surface area contributed by atoms with Gasteiger partial charge in [-0.3, -0.25) is 4.79 Å². The Balaban J connectivity index is 3.15. The first-order valence-electron chi connectivity index (χ1n) is 4.79. The Morgan fingerprint density at radius 2 is 2.33 bits per heavy atom. The fourth-order valence-electron chi connectivity index (χ4n) is 1.09. The van der Waals surface area contributed by atoms with Crippen LogP contribution in [0.1, 0.15) is 25.3 Å². The van der Waals surface area contributed by atoms with Crippen LogP contribution in [0.3, 0.4) is 0 Å². The molecule has 0 saturated carbocycles. The van der Waals surface area contributed by atoms with E-state index in [4.69, 9.17) is 0 Å². The molecule has 0 atom stereocenters.